The Labute approximate surface area is 299 Å². The maximum Gasteiger partial charge on any atom is 0.186 e. The number of nitrogens with zero attached hydrogens (tertiary/aromatic N) is 2. The molecule has 0 bridgehead atoms. The summed E-state index contributed by atoms with van der Waals surface area (Å²) < 4.78 is 45.4. The van der Waals surface area contributed by atoms with Crippen LogP contribution < -0.4 is 9.47 Å². The zero-order valence-electron chi connectivity index (χ0n) is 28.2. The van der Waals surface area contributed by atoms with E-state index in [-0.39, 0.29) is 52.9 Å². The van der Waals surface area contributed by atoms with Crippen LogP contribution in [0.3, 0.4) is 0 Å². The van der Waals surface area contributed by atoms with Crippen LogP contribution in [-0.2, 0) is 28.4 Å². The van der Waals surface area contributed by atoms with Gasteiger partial charge in [-0.3, -0.25) is 9.97 Å². The number of ether oxygens (including phenoxy) is 8. The summed E-state index contributed by atoms with van der Waals surface area (Å²) in [7, 11) is 0. The highest BCUT2D eigenvalue weighted by atomic mass is 16.7. The molecule has 6 rings (SSSR count). The molecule has 0 spiro atoms. The van der Waals surface area contributed by atoms with E-state index in [0.717, 1.165) is 10.8 Å². The second-order valence-corrected chi connectivity index (χ2v) is 12.3. The summed E-state index contributed by atoms with van der Waals surface area (Å²) in [5.74, 6) is 0.969. The largest absolute Gasteiger partial charge is 0.488 e. The summed E-state index contributed by atoms with van der Waals surface area (Å²) in [4.78, 5) is 8.67. The standard InChI is InChI=1S/C36H44N2O14/c39-29-25(19-49-23-9-1-5-21-7-3-11-37-27(21)23)51-35(33(43)31(29)41)47-17-15-45-13-14-46-16-18-48-36-34(44)32(42)30(40)26(52-36)20-50-24-10-2-6-22-8-4-12-38-28(22)24/h1-12,25-26,29-36,39-44H,13-20H2/t25-,26-,29-,30-,31+,32+,33-,34-,35-,36-/m1/s1. The van der Waals surface area contributed by atoms with Gasteiger partial charge in [0.05, 0.1) is 39.6 Å². The Morgan fingerprint density at radius 2 is 0.885 bits per heavy atom. The van der Waals surface area contributed by atoms with Crippen LogP contribution in [0.1, 0.15) is 0 Å². The normalized spacial score (nSPS) is 29.3. The van der Waals surface area contributed by atoms with Gasteiger partial charge in [0.2, 0.25) is 0 Å². The van der Waals surface area contributed by atoms with Gasteiger partial charge < -0.3 is 68.5 Å². The first kappa shape index (κ1) is 38.1. The molecule has 4 aromatic rings. The zero-order chi connectivity index (χ0) is 36.5. The third kappa shape index (κ3) is 9.29. The second-order valence-electron chi connectivity index (χ2n) is 12.3. The average Bonchev–Trinajstić information content (AvgIpc) is 3.17. The van der Waals surface area contributed by atoms with E-state index in [1.807, 2.05) is 48.5 Å². The summed E-state index contributed by atoms with van der Waals surface area (Å²) in [5, 5.41) is 64.3. The van der Waals surface area contributed by atoms with Gasteiger partial charge in [0, 0.05) is 23.2 Å². The third-order valence-corrected chi connectivity index (χ3v) is 8.73. The Balaban J connectivity index is 0.852. The Morgan fingerprint density at radius 3 is 1.33 bits per heavy atom. The predicted molar refractivity (Wildman–Crippen MR) is 181 cm³/mol. The van der Waals surface area contributed by atoms with Crippen LogP contribution in [0.5, 0.6) is 11.5 Å². The number of aromatic nitrogens is 2. The van der Waals surface area contributed by atoms with E-state index in [0.29, 0.717) is 22.5 Å². The van der Waals surface area contributed by atoms with Crippen molar-refractivity contribution in [2.24, 2.45) is 0 Å². The summed E-state index contributed by atoms with van der Waals surface area (Å²) in [6.45, 7) is 0.427. The van der Waals surface area contributed by atoms with Crippen LogP contribution in [0.4, 0.5) is 0 Å². The average molecular weight is 729 g/mol. The summed E-state index contributed by atoms with van der Waals surface area (Å²) in [5.41, 5.74) is 1.28. The highest BCUT2D eigenvalue weighted by Gasteiger charge is 2.45. The molecule has 0 saturated carbocycles. The highest BCUT2D eigenvalue weighted by Crippen LogP contribution is 2.28. The maximum absolute atomic E-state index is 10.5. The first-order valence-electron chi connectivity index (χ1n) is 17.0. The minimum Gasteiger partial charge on any atom is -0.488 e. The van der Waals surface area contributed by atoms with Crippen molar-refractivity contribution in [1.29, 1.82) is 0 Å². The first-order valence-corrected chi connectivity index (χ1v) is 17.0. The van der Waals surface area contributed by atoms with Gasteiger partial charge in [0.15, 0.2) is 12.6 Å². The van der Waals surface area contributed by atoms with Crippen molar-refractivity contribution in [2.75, 3.05) is 52.9 Å². The van der Waals surface area contributed by atoms with Gasteiger partial charge in [-0.05, 0) is 24.3 Å². The Morgan fingerprint density at radius 1 is 0.481 bits per heavy atom. The van der Waals surface area contributed by atoms with Gasteiger partial charge in [-0.25, -0.2) is 0 Å². The lowest BCUT2D eigenvalue weighted by molar-refractivity contribution is -0.302. The fourth-order valence-electron chi connectivity index (χ4n) is 5.88. The van der Waals surface area contributed by atoms with Gasteiger partial charge in [-0.1, -0.05) is 36.4 Å². The lowest BCUT2D eigenvalue weighted by Crippen LogP contribution is -2.59. The zero-order valence-corrected chi connectivity index (χ0v) is 28.2. The number of hydrogen-bond donors (Lipinski definition) is 6. The van der Waals surface area contributed by atoms with Gasteiger partial charge in [-0.15, -0.1) is 0 Å². The molecule has 0 amide bonds. The molecule has 0 unspecified atom stereocenters. The van der Waals surface area contributed by atoms with Crippen molar-refractivity contribution >= 4 is 21.8 Å². The van der Waals surface area contributed by atoms with E-state index in [2.05, 4.69) is 9.97 Å². The van der Waals surface area contributed by atoms with Crippen molar-refractivity contribution in [2.45, 2.75) is 61.4 Å². The number of benzene rings is 2. The SMILES string of the molecule is O[C@@H]1[C@@H](O)[C@H](OCCOCCOCCO[C@@H]2O[C@H](COc3cccc4cccnc34)[C@@H](O)[C@H](O)[C@H]2O)O[C@H](COc2cccc3cccnc23)[C@H]1O. The van der Waals surface area contributed by atoms with Crippen molar-refractivity contribution in [1.82, 2.24) is 9.97 Å². The minimum atomic E-state index is -1.52. The molecular formula is C36H44N2O14. The molecule has 2 aliphatic heterocycles. The molecule has 2 aromatic heterocycles. The Bertz CT molecular complexity index is 1570. The van der Waals surface area contributed by atoms with Crippen LogP contribution in [0.15, 0.2) is 73.1 Å². The van der Waals surface area contributed by atoms with Gasteiger partial charge >= 0.3 is 0 Å². The van der Waals surface area contributed by atoms with Gasteiger partial charge in [-0.2, -0.15) is 0 Å². The quantitative estimate of drug-likeness (QED) is 0.0783. The monoisotopic (exact) mass is 728 g/mol. The topological polar surface area (TPSA) is 221 Å². The fourth-order valence-corrected chi connectivity index (χ4v) is 5.88. The molecule has 16 heteroatoms. The molecule has 2 saturated heterocycles. The van der Waals surface area contributed by atoms with Crippen LogP contribution in [-0.4, -0.2) is 155 Å². The number of rotatable bonds is 17. The van der Waals surface area contributed by atoms with Gasteiger partial charge in [0.25, 0.3) is 0 Å². The van der Waals surface area contributed by atoms with E-state index in [9.17, 15) is 30.6 Å². The van der Waals surface area contributed by atoms with Crippen molar-refractivity contribution in [3.05, 3.63) is 73.1 Å². The number of para-hydroxylation sites is 2. The van der Waals surface area contributed by atoms with Crippen LogP contribution >= 0.6 is 0 Å². The molecule has 2 aliphatic rings. The fraction of sp³-hybridized carbons (Fsp3) is 0.500. The lowest BCUT2D eigenvalue weighted by Gasteiger charge is -2.40. The Kier molecular flexibility index (Phi) is 13.5. The number of aliphatic hydroxyl groups excluding tert-OH is 6. The van der Waals surface area contributed by atoms with Gasteiger partial charge in [0.1, 0.15) is 84.6 Å². The molecular weight excluding hydrogens is 684 g/mol. The third-order valence-electron chi connectivity index (χ3n) is 8.73. The summed E-state index contributed by atoms with van der Waals surface area (Å²) in [6, 6.07) is 18.3. The highest BCUT2D eigenvalue weighted by molar-refractivity contribution is 5.84. The number of aliphatic hydroxyl groups is 6. The Hall–Kier alpha value is -3.62. The first-order chi connectivity index (χ1) is 25.3. The maximum atomic E-state index is 10.5. The molecule has 2 fully saturated rings. The minimum absolute atomic E-state index is 0.0153. The molecule has 10 atom stereocenters. The smallest absolute Gasteiger partial charge is 0.186 e. The van der Waals surface area contributed by atoms with Crippen LogP contribution in [0, 0.1) is 0 Å². The molecule has 16 nitrogen and oxygen atoms in total. The second kappa shape index (κ2) is 18.4. The predicted octanol–water partition coefficient (Wildman–Crippen LogP) is -0.0776. The van der Waals surface area contributed by atoms with Crippen LogP contribution in [0.2, 0.25) is 0 Å². The van der Waals surface area contributed by atoms with Crippen molar-refractivity contribution in [3.8, 4) is 11.5 Å². The molecule has 4 heterocycles. The number of pyridine rings is 2. The van der Waals surface area contributed by atoms with E-state index >= 15 is 0 Å². The van der Waals surface area contributed by atoms with E-state index in [1.54, 1.807) is 24.5 Å². The number of fused-ring (bicyclic) bond motifs is 2. The van der Waals surface area contributed by atoms with Crippen molar-refractivity contribution < 1.29 is 68.5 Å². The molecule has 52 heavy (non-hydrogen) atoms. The molecule has 282 valence electrons. The van der Waals surface area contributed by atoms with E-state index in [1.165, 1.54) is 0 Å². The van der Waals surface area contributed by atoms with Crippen LogP contribution in [0.25, 0.3) is 21.8 Å². The van der Waals surface area contributed by atoms with Crippen molar-refractivity contribution in [3.63, 3.8) is 0 Å². The van der Waals surface area contributed by atoms with E-state index in [4.69, 9.17) is 37.9 Å². The molecule has 0 radical (unpaired) electrons. The molecule has 2 aromatic carbocycles. The lowest BCUT2D eigenvalue weighted by atomic mass is 9.99. The molecule has 0 aliphatic carbocycles. The molecule has 6 N–H and O–H groups in total. The summed E-state index contributed by atoms with van der Waals surface area (Å²) >= 11 is 0. The summed E-state index contributed by atoms with van der Waals surface area (Å²) in [6.07, 6.45) is -9.98. The van der Waals surface area contributed by atoms with E-state index < -0.39 is 61.4 Å². The number of hydrogen-bond acceptors (Lipinski definition) is 16.